The normalized spacial score (nSPS) is 27.0. The summed E-state index contributed by atoms with van der Waals surface area (Å²) in [6.45, 7) is 11.7. The molecule has 0 radical (unpaired) electrons. The molecule has 1 rings (SSSR count). The van der Waals surface area contributed by atoms with Crippen molar-refractivity contribution < 1.29 is 0 Å². The summed E-state index contributed by atoms with van der Waals surface area (Å²) in [4.78, 5) is 0. The molecule has 1 nitrogen and oxygen atoms in total. The van der Waals surface area contributed by atoms with Crippen LogP contribution in [0.2, 0.25) is 0 Å². The molecule has 0 aromatic carbocycles. The lowest BCUT2D eigenvalue weighted by Gasteiger charge is -2.38. The van der Waals surface area contributed by atoms with E-state index in [9.17, 15) is 0 Å². The van der Waals surface area contributed by atoms with Gasteiger partial charge in [-0.2, -0.15) is 0 Å². The number of hydrogen-bond acceptors (Lipinski definition) is 1. The van der Waals surface area contributed by atoms with E-state index in [0.717, 1.165) is 23.7 Å². The smallest absolute Gasteiger partial charge is 0.00178 e. The molecule has 1 fully saturated rings. The SMILES string of the molecule is CC(C)CNCC1CCC1CC(C)C. The molecule has 14 heavy (non-hydrogen) atoms. The van der Waals surface area contributed by atoms with Gasteiger partial charge in [0.2, 0.25) is 0 Å². The Morgan fingerprint density at radius 2 is 1.64 bits per heavy atom. The molecule has 1 aliphatic rings. The number of rotatable bonds is 6. The fourth-order valence-corrected chi connectivity index (χ4v) is 2.38. The zero-order valence-corrected chi connectivity index (χ0v) is 10.3. The highest BCUT2D eigenvalue weighted by molar-refractivity contribution is 4.82. The summed E-state index contributed by atoms with van der Waals surface area (Å²) in [5.41, 5.74) is 0. The van der Waals surface area contributed by atoms with Gasteiger partial charge in [-0.3, -0.25) is 0 Å². The van der Waals surface area contributed by atoms with Gasteiger partial charge >= 0.3 is 0 Å². The summed E-state index contributed by atoms with van der Waals surface area (Å²) in [5.74, 6) is 3.68. The van der Waals surface area contributed by atoms with Crippen molar-refractivity contribution in [1.82, 2.24) is 5.32 Å². The third-order valence-corrected chi connectivity index (χ3v) is 3.31. The van der Waals surface area contributed by atoms with Crippen molar-refractivity contribution in [3.8, 4) is 0 Å². The molecule has 1 heteroatoms. The minimum absolute atomic E-state index is 0.790. The van der Waals surface area contributed by atoms with Crippen molar-refractivity contribution in [1.29, 1.82) is 0 Å². The second kappa shape index (κ2) is 5.75. The Balaban J connectivity index is 2.07. The van der Waals surface area contributed by atoms with E-state index in [4.69, 9.17) is 0 Å². The van der Waals surface area contributed by atoms with Gasteiger partial charge in [-0.15, -0.1) is 0 Å². The van der Waals surface area contributed by atoms with Gasteiger partial charge in [0.15, 0.2) is 0 Å². The molecule has 1 N–H and O–H groups in total. The first-order valence-corrected chi connectivity index (χ1v) is 6.30. The Morgan fingerprint density at radius 1 is 1.00 bits per heavy atom. The lowest BCUT2D eigenvalue weighted by atomic mass is 9.70. The third-order valence-electron chi connectivity index (χ3n) is 3.31. The van der Waals surface area contributed by atoms with Gasteiger partial charge in [-0.25, -0.2) is 0 Å². The highest BCUT2D eigenvalue weighted by Crippen LogP contribution is 2.38. The van der Waals surface area contributed by atoms with Gasteiger partial charge in [-0.1, -0.05) is 27.7 Å². The minimum atomic E-state index is 0.790. The van der Waals surface area contributed by atoms with Crippen molar-refractivity contribution in [2.45, 2.75) is 47.0 Å². The van der Waals surface area contributed by atoms with Gasteiger partial charge in [-0.05, 0) is 56.0 Å². The maximum absolute atomic E-state index is 3.59. The second-order valence-corrected chi connectivity index (χ2v) is 5.78. The summed E-state index contributed by atoms with van der Waals surface area (Å²) in [6, 6.07) is 0. The molecule has 0 amide bonds. The quantitative estimate of drug-likeness (QED) is 0.689. The van der Waals surface area contributed by atoms with E-state index in [2.05, 4.69) is 33.0 Å². The molecule has 0 aromatic rings. The van der Waals surface area contributed by atoms with Crippen molar-refractivity contribution >= 4 is 0 Å². The van der Waals surface area contributed by atoms with Gasteiger partial charge < -0.3 is 5.32 Å². The van der Waals surface area contributed by atoms with E-state index in [0.29, 0.717) is 0 Å². The topological polar surface area (TPSA) is 12.0 Å². The molecule has 0 bridgehead atoms. The van der Waals surface area contributed by atoms with Gasteiger partial charge in [0, 0.05) is 0 Å². The van der Waals surface area contributed by atoms with Crippen LogP contribution in [0.4, 0.5) is 0 Å². The standard InChI is InChI=1S/C13H27N/c1-10(2)7-12-5-6-13(12)9-14-8-11(3)4/h10-14H,5-9H2,1-4H3. The van der Waals surface area contributed by atoms with Crippen molar-refractivity contribution in [2.75, 3.05) is 13.1 Å². The van der Waals surface area contributed by atoms with E-state index in [-0.39, 0.29) is 0 Å². The zero-order chi connectivity index (χ0) is 10.6. The first-order valence-electron chi connectivity index (χ1n) is 6.30. The average molecular weight is 197 g/mol. The Labute approximate surface area is 89.7 Å². The molecule has 2 atom stereocenters. The van der Waals surface area contributed by atoms with E-state index < -0.39 is 0 Å². The molecule has 2 unspecified atom stereocenters. The lowest BCUT2D eigenvalue weighted by molar-refractivity contribution is 0.143. The zero-order valence-electron chi connectivity index (χ0n) is 10.3. The van der Waals surface area contributed by atoms with Crippen molar-refractivity contribution in [2.24, 2.45) is 23.7 Å². The number of hydrogen-bond donors (Lipinski definition) is 1. The van der Waals surface area contributed by atoms with E-state index in [1.165, 1.54) is 32.4 Å². The Kier molecular flexibility index (Phi) is 4.94. The predicted molar refractivity (Wildman–Crippen MR) is 63.4 cm³/mol. The van der Waals surface area contributed by atoms with Crippen LogP contribution >= 0.6 is 0 Å². The van der Waals surface area contributed by atoms with Crippen LogP contribution in [-0.4, -0.2) is 13.1 Å². The van der Waals surface area contributed by atoms with E-state index >= 15 is 0 Å². The van der Waals surface area contributed by atoms with Crippen molar-refractivity contribution in [3.05, 3.63) is 0 Å². The highest BCUT2D eigenvalue weighted by atomic mass is 14.9. The second-order valence-electron chi connectivity index (χ2n) is 5.78. The first kappa shape index (κ1) is 12.0. The highest BCUT2D eigenvalue weighted by Gasteiger charge is 2.30. The molecule has 0 heterocycles. The van der Waals surface area contributed by atoms with Gasteiger partial charge in [0.25, 0.3) is 0 Å². The molecule has 84 valence electrons. The maximum Gasteiger partial charge on any atom is -0.00178 e. The molecule has 1 saturated carbocycles. The Hall–Kier alpha value is -0.0400. The van der Waals surface area contributed by atoms with Crippen LogP contribution in [-0.2, 0) is 0 Å². The number of nitrogens with one attached hydrogen (secondary N) is 1. The fourth-order valence-electron chi connectivity index (χ4n) is 2.38. The molecule has 0 aromatic heterocycles. The summed E-state index contributed by atoms with van der Waals surface area (Å²) >= 11 is 0. The van der Waals surface area contributed by atoms with E-state index in [1.54, 1.807) is 0 Å². The molecule has 0 saturated heterocycles. The van der Waals surface area contributed by atoms with Gasteiger partial charge in [0.1, 0.15) is 0 Å². The summed E-state index contributed by atoms with van der Waals surface area (Å²) < 4.78 is 0. The monoisotopic (exact) mass is 197 g/mol. The predicted octanol–water partition coefficient (Wildman–Crippen LogP) is 3.30. The molecular formula is C13H27N. The summed E-state index contributed by atoms with van der Waals surface area (Å²) in [5, 5.41) is 3.59. The first-order chi connectivity index (χ1) is 6.59. The summed E-state index contributed by atoms with van der Waals surface area (Å²) in [7, 11) is 0. The maximum atomic E-state index is 3.59. The Bertz CT molecular complexity index is 151. The van der Waals surface area contributed by atoms with Crippen LogP contribution < -0.4 is 5.32 Å². The van der Waals surface area contributed by atoms with Crippen LogP contribution in [0.5, 0.6) is 0 Å². The Morgan fingerprint density at radius 3 is 2.07 bits per heavy atom. The van der Waals surface area contributed by atoms with Gasteiger partial charge in [0.05, 0.1) is 0 Å². The fraction of sp³-hybridized carbons (Fsp3) is 1.00. The average Bonchev–Trinajstić information content (AvgIpc) is 2.06. The minimum Gasteiger partial charge on any atom is -0.316 e. The third kappa shape index (κ3) is 4.00. The molecule has 0 spiro atoms. The van der Waals surface area contributed by atoms with Crippen LogP contribution in [0.15, 0.2) is 0 Å². The van der Waals surface area contributed by atoms with Crippen LogP contribution in [0, 0.1) is 23.7 Å². The van der Waals surface area contributed by atoms with Crippen LogP contribution in [0.3, 0.4) is 0 Å². The molecular weight excluding hydrogens is 170 g/mol. The lowest BCUT2D eigenvalue weighted by Crippen LogP contribution is -2.37. The van der Waals surface area contributed by atoms with Crippen LogP contribution in [0.25, 0.3) is 0 Å². The summed E-state index contributed by atoms with van der Waals surface area (Å²) in [6.07, 6.45) is 4.38. The molecule has 0 aliphatic heterocycles. The van der Waals surface area contributed by atoms with Crippen LogP contribution in [0.1, 0.15) is 47.0 Å². The largest absolute Gasteiger partial charge is 0.316 e. The molecule has 1 aliphatic carbocycles. The van der Waals surface area contributed by atoms with E-state index in [1.807, 2.05) is 0 Å². The van der Waals surface area contributed by atoms with Crippen molar-refractivity contribution in [3.63, 3.8) is 0 Å².